The van der Waals surface area contributed by atoms with Gasteiger partial charge in [-0.1, -0.05) is 0 Å². The van der Waals surface area contributed by atoms with E-state index in [9.17, 15) is 9.18 Å². The van der Waals surface area contributed by atoms with E-state index in [0.717, 1.165) is 5.39 Å². The quantitative estimate of drug-likeness (QED) is 0.607. The summed E-state index contributed by atoms with van der Waals surface area (Å²) in [7, 11) is 1.41. The van der Waals surface area contributed by atoms with Crippen molar-refractivity contribution < 1.29 is 19.0 Å². The molecule has 2 aromatic carbocycles. The van der Waals surface area contributed by atoms with Gasteiger partial charge in [-0.05, 0) is 30.3 Å². The number of carboxylic acid groups (broad SMARTS) is 1. The second kappa shape index (κ2) is 6.07. The number of benzene rings is 2. The maximum atomic E-state index is 13.9. The van der Waals surface area contributed by atoms with Crippen molar-refractivity contribution in [2.45, 2.75) is 6.54 Å². The van der Waals surface area contributed by atoms with Crippen LogP contribution in [0.4, 0.5) is 4.39 Å². The fourth-order valence-corrected chi connectivity index (χ4v) is 2.77. The third-order valence-electron chi connectivity index (χ3n) is 3.96. The van der Waals surface area contributed by atoms with Gasteiger partial charge in [0.2, 0.25) is 0 Å². The van der Waals surface area contributed by atoms with Crippen LogP contribution in [0.3, 0.4) is 0 Å². The van der Waals surface area contributed by atoms with E-state index in [4.69, 9.17) is 9.84 Å². The molecular weight excluding hydrogens is 339 g/mol. The van der Waals surface area contributed by atoms with Gasteiger partial charge >= 0.3 is 5.97 Å². The first-order valence-corrected chi connectivity index (χ1v) is 7.73. The Balaban J connectivity index is 1.79. The molecule has 0 amide bonds. The summed E-state index contributed by atoms with van der Waals surface area (Å²) in [5, 5.41) is 13.9. The maximum Gasteiger partial charge on any atom is 0.325 e. The number of fused-ring (bicyclic) bond motifs is 2. The monoisotopic (exact) mass is 352 g/mol. The summed E-state index contributed by atoms with van der Waals surface area (Å²) < 4.78 is 20.2. The molecule has 0 saturated heterocycles. The lowest BCUT2D eigenvalue weighted by Gasteiger charge is -2.05. The van der Waals surface area contributed by atoms with Crippen molar-refractivity contribution in [1.29, 1.82) is 0 Å². The number of hydrogen-bond acceptors (Lipinski definition) is 5. The number of carbonyl (C=O) groups is 1. The third-order valence-corrected chi connectivity index (χ3v) is 3.96. The number of aliphatic carboxylic acids is 1. The van der Waals surface area contributed by atoms with Gasteiger partial charge in [0.15, 0.2) is 11.6 Å². The van der Waals surface area contributed by atoms with E-state index < -0.39 is 11.8 Å². The van der Waals surface area contributed by atoms with Gasteiger partial charge < -0.3 is 9.84 Å². The number of rotatable bonds is 4. The predicted molar refractivity (Wildman–Crippen MR) is 92.4 cm³/mol. The third kappa shape index (κ3) is 2.81. The molecule has 2 aromatic heterocycles. The van der Waals surface area contributed by atoms with Crippen LogP contribution in [-0.4, -0.2) is 37.9 Å². The number of aromatic nitrogens is 4. The first-order chi connectivity index (χ1) is 12.5. The number of nitrogens with zero attached hydrogens (tertiary/aromatic N) is 4. The SMILES string of the molecule is COc1ccc(-c2cnc3cc4cn(CC(=O)O)nc4cc3n2)cc1F. The lowest BCUT2D eigenvalue weighted by molar-refractivity contribution is -0.137. The minimum atomic E-state index is -0.970. The summed E-state index contributed by atoms with van der Waals surface area (Å²) in [6.45, 7) is -0.220. The highest BCUT2D eigenvalue weighted by Gasteiger charge is 2.10. The second-order valence-electron chi connectivity index (χ2n) is 5.72. The summed E-state index contributed by atoms with van der Waals surface area (Å²) in [4.78, 5) is 19.7. The van der Waals surface area contributed by atoms with Gasteiger partial charge in [0, 0.05) is 17.1 Å². The average molecular weight is 352 g/mol. The molecule has 0 spiro atoms. The van der Waals surface area contributed by atoms with E-state index >= 15 is 0 Å². The van der Waals surface area contributed by atoms with Crippen molar-refractivity contribution in [3.63, 3.8) is 0 Å². The molecule has 4 aromatic rings. The minimum Gasteiger partial charge on any atom is -0.494 e. The van der Waals surface area contributed by atoms with E-state index in [2.05, 4.69) is 15.1 Å². The Morgan fingerprint density at radius 2 is 2.08 bits per heavy atom. The summed E-state index contributed by atoms with van der Waals surface area (Å²) in [6, 6.07) is 8.11. The van der Waals surface area contributed by atoms with Crippen LogP contribution >= 0.6 is 0 Å². The number of hydrogen-bond donors (Lipinski definition) is 1. The molecule has 0 aliphatic rings. The molecule has 0 saturated carbocycles. The normalized spacial score (nSPS) is 11.2. The Kier molecular flexibility index (Phi) is 3.72. The summed E-state index contributed by atoms with van der Waals surface area (Å²) in [5.41, 5.74) is 2.94. The van der Waals surface area contributed by atoms with Crippen molar-refractivity contribution in [3.05, 3.63) is 48.5 Å². The highest BCUT2D eigenvalue weighted by Crippen LogP contribution is 2.26. The molecule has 0 unspecified atom stereocenters. The average Bonchev–Trinajstić information content (AvgIpc) is 2.99. The molecule has 0 fully saturated rings. The predicted octanol–water partition coefficient (Wildman–Crippen LogP) is 2.88. The van der Waals surface area contributed by atoms with Crippen LogP contribution in [0.25, 0.3) is 33.2 Å². The van der Waals surface area contributed by atoms with Gasteiger partial charge in [0.25, 0.3) is 0 Å². The fraction of sp³-hybridized carbons (Fsp3) is 0.111. The Labute approximate surface area is 146 Å². The van der Waals surface area contributed by atoms with E-state index in [1.54, 1.807) is 30.6 Å². The Morgan fingerprint density at radius 1 is 1.23 bits per heavy atom. The van der Waals surface area contributed by atoms with Crippen molar-refractivity contribution in [1.82, 2.24) is 19.7 Å². The van der Waals surface area contributed by atoms with Crippen LogP contribution in [0.2, 0.25) is 0 Å². The van der Waals surface area contributed by atoms with E-state index in [-0.39, 0.29) is 12.3 Å². The topological polar surface area (TPSA) is 90.1 Å². The van der Waals surface area contributed by atoms with Gasteiger partial charge in [-0.25, -0.2) is 9.37 Å². The van der Waals surface area contributed by atoms with Gasteiger partial charge in [-0.2, -0.15) is 5.10 Å². The Hall–Kier alpha value is -3.55. The highest BCUT2D eigenvalue weighted by atomic mass is 19.1. The second-order valence-corrected chi connectivity index (χ2v) is 5.72. The molecule has 4 rings (SSSR count). The molecule has 8 heteroatoms. The van der Waals surface area contributed by atoms with Gasteiger partial charge in [0.1, 0.15) is 6.54 Å². The maximum absolute atomic E-state index is 13.9. The van der Waals surface area contributed by atoms with Gasteiger partial charge in [0.05, 0.1) is 35.6 Å². The number of methoxy groups -OCH3 is 1. The molecular formula is C18H13FN4O3. The van der Waals surface area contributed by atoms with Crippen molar-refractivity contribution in [3.8, 4) is 17.0 Å². The van der Waals surface area contributed by atoms with Crippen LogP contribution in [0.5, 0.6) is 5.75 Å². The van der Waals surface area contributed by atoms with Crippen LogP contribution in [0.1, 0.15) is 0 Å². The van der Waals surface area contributed by atoms with E-state index in [1.807, 2.05) is 0 Å². The lowest BCUT2D eigenvalue weighted by Crippen LogP contribution is -2.08. The summed E-state index contributed by atoms with van der Waals surface area (Å²) in [5.74, 6) is -1.29. The molecule has 0 bridgehead atoms. The Bertz CT molecular complexity index is 1160. The van der Waals surface area contributed by atoms with E-state index in [1.165, 1.54) is 23.9 Å². The molecule has 0 aliphatic heterocycles. The molecule has 130 valence electrons. The van der Waals surface area contributed by atoms with Crippen molar-refractivity contribution in [2.24, 2.45) is 0 Å². The zero-order chi connectivity index (χ0) is 18.3. The number of ether oxygens (including phenoxy) is 1. The van der Waals surface area contributed by atoms with Crippen molar-refractivity contribution >= 4 is 27.9 Å². The molecule has 7 nitrogen and oxygen atoms in total. The number of carboxylic acids is 1. The molecule has 0 radical (unpaired) electrons. The summed E-state index contributed by atoms with van der Waals surface area (Å²) in [6.07, 6.45) is 3.22. The first kappa shape index (κ1) is 15.9. The van der Waals surface area contributed by atoms with Crippen LogP contribution in [0, 0.1) is 5.82 Å². The molecule has 26 heavy (non-hydrogen) atoms. The van der Waals surface area contributed by atoms with Gasteiger partial charge in [-0.15, -0.1) is 0 Å². The summed E-state index contributed by atoms with van der Waals surface area (Å²) >= 11 is 0. The number of halogens is 1. The molecule has 0 atom stereocenters. The molecule has 2 heterocycles. The minimum absolute atomic E-state index is 0.160. The Morgan fingerprint density at radius 3 is 2.81 bits per heavy atom. The lowest BCUT2D eigenvalue weighted by atomic mass is 10.1. The van der Waals surface area contributed by atoms with E-state index in [0.29, 0.717) is 27.8 Å². The van der Waals surface area contributed by atoms with Crippen molar-refractivity contribution in [2.75, 3.05) is 7.11 Å². The van der Waals surface area contributed by atoms with Crippen LogP contribution in [0.15, 0.2) is 42.7 Å². The van der Waals surface area contributed by atoms with Gasteiger partial charge in [-0.3, -0.25) is 14.5 Å². The van der Waals surface area contributed by atoms with Crippen LogP contribution in [-0.2, 0) is 11.3 Å². The van der Waals surface area contributed by atoms with Crippen LogP contribution < -0.4 is 4.74 Å². The molecule has 1 N–H and O–H groups in total. The zero-order valence-corrected chi connectivity index (χ0v) is 13.7. The fourth-order valence-electron chi connectivity index (χ4n) is 2.77. The standard InChI is InChI=1S/C18H13FN4O3/c1-26-17-3-2-10(4-12(17)19)16-7-20-14-5-11-8-23(9-18(24)25)22-13(11)6-15(14)21-16/h2-8H,9H2,1H3,(H,24,25). The largest absolute Gasteiger partial charge is 0.494 e. The highest BCUT2D eigenvalue weighted by molar-refractivity contribution is 5.93. The zero-order valence-electron chi connectivity index (χ0n) is 13.7. The molecule has 0 aliphatic carbocycles. The smallest absolute Gasteiger partial charge is 0.325 e. The first-order valence-electron chi connectivity index (χ1n) is 7.73.